The number of rotatable bonds is 2. The van der Waals surface area contributed by atoms with Crippen molar-refractivity contribution in [2.45, 2.75) is 57.1 Å². The fourth-order valence-corrected chi connectivity index (χ4v) is 5.25. The summed E-state index contributed by atoms with van der Waals surface area (Å²) in [5, 5.41) is 11.1. The number of nitrogens with zero attached hydrogens (tertiary/aromatic N) is 1. The van der Waals surface area contributed by atoms with Gasteiger partial charge in [-0.1, -0.05) is 30.7 Å². The summed E-state index contributed by atoms with van der Waals surface area (Å²) in [6.07, 6.45) is 7.62. The van der Waals surface area contributed by atoms with Gasteiger partial charge in [-0.2, -0.15) is 0 Å². The van der Waals surface area contributed by atoms with Gasteiger partial charge in [0.05, 0.1) is 5.60 Å². The first-order valence-electron chi connectivity index (χ1n) is 8.68. The fraction of sp³-hybridized carbons (Fsp3) is 0.684. The van der Waals surface area contributed by atoms with Crippen molar-refractivity contribution in [2.75, 3.05) is 13.1 Å². The maximum atomic E-state index is 11.1. The normalized spacial score (nSPS) is 35.2. The molecule has 2 aliphatic carbocycles. The maximum absolute atomic E-state index is 11.1. The third-order valence-corrected chi connectivity index (χ3v) is 6.44. The van der Waals surface area contributed by atoms with Gasteiger partial charge in [0.15, 0.2) is 0 Å². The van der Waals surface area contributed by atoms with E-state index in [-0.39, 0.29) is 0 Å². The molecule has 1 saturated heterocycles. The molecule has 0 aromatic heterocycles. The molecule has 3 aliphatic rings. The van der Waals surface area contributed by atoms with Crippen molar-refractivity contribution in [3.05, 3.63) is 35.4 Å². The third kappa shape index (κ3) is 2.33. The molecule has 0 radical (unpaired) electrons. The Kier molecular flexibility index (Phi) is 3.35. The molecule has 2 bridgehead atoms. The lowest BCUT2D eigenvalue weighted by Crippen LogP contribution is -2.48. The molecule has 0 unspecified atom stereocenters. The molecule has 114 valence electrons. The quantitative estimate of drug-likeness (QED) is 0.899. The Hall–Kier alpha value is -0.860. The van der Waals surface area contributed by atoms with Gasteiger partial charge in [0.1, 0.15) is 0 Å². The Morgan fingerprint density at radius 2 is 1.86 bits per heavy atom. The van der Waals surface area contributed by atoms with E-state index in [1.54, 1.807) is 0 Å². The summed E-state index contributed by atoms with van der Waals surface area (Å²) in [5.41, 5.74) is 1.78. The Balaban J connectivity index is 1.46. The zero-order chi connectivity index (χ0) is 14.4. The standard InChI is InChI=1S/C19H27NO/c1-14-4-2-3-5-17(14)19(21)8-10-20(11-9-19)18-13-15-6-7-16(18)12-15/h2-5,15-16,18,21H,6-13H2,1H3/t15-,16-,18-/m0/s1. The first kappa shape index (κ1) is 13.8. The van der Waals surface area contributed by atoms with Crippen LogP contribution >= 0.6 is 0 Å². The van der Waals surface area contributed by atoms with E-state index in [0.29, 0.717) is 0 Å². The van der Waals surface area contributed by atoms with Gasteiger partial charge in [-0.3, -0.25) is 4.90 Å². The minimum Gasteiger partial charge on any atom is -0.385 e. The van der Waals surface area contributed by atoms with E-state index in [1.807, 2.05) is 0 Å². The fourth-order valence-electron chi connectivity index (χ4n) is 5.25. The lowest BCUT2D eigenvalue weighted by molar-refractivity contribution is -0.0417. The number of hydrogen-bond acceptors (Lipinski definition) is 2. The molecule has 1 aromatic rings. The second-order valence-corrected chi connectivity index (χ2v) is 7.62. The highest BCUT2D eigenvalue weighted by Crippen LogP contribution is 2.48. The summed E-state index contributed by atoms with van der Waals surface area (Å²) >= 11 is 0. The van der Waals surface area contributed by atoms with Crippen molar-refractivity contribution in [3.63, 3.8) is 0 Å². The van der Waals surface area contributed by atoms with Gasteiger partial charge in [-0.05, 0) is 62.0 Å². The van der Waals surface area contributed by atoms with E-state index in [1.165, 1.54) is 31.2 Å². The van der Waals surface area contributed by atoms with Crippen molar-refractivity contribution < 1.29 is 5.11 Å². The monoisotopic (exact) mass is 285 g/mol. The topological polar surface area (TPSA) is 23.5 Å². The zero-order valence-electron chi connectivity index (χ0n) is 13.1. The molecule has 0 amide bonds. The SMILES string of the molecule is Cc1ccccc1C1(O)CCN([C@H]2C[C@H]3CC[C@H]2C3)CC1. The number of aryl methyl sites for hydroxylation is 1. The molecule has 1 heterocycles. The predicted molar refractivity (Wildman–Crippen MR) is 85.1 cm³/mol. The average molecular weight is 285 g/mol. The molecular weight excluding hydrogens is 258 g/mol. The number of likely N-dealkylation sites (tertiary alicyclic amines) is 1. The summed E-state index contributed by atoms with van der Waals surface area (Å²) in [6, 6.07) is 9.18. The van der Waals surface area contributed by atoms with Gasteiger partial charge in [0.2, 0.25) is 0 Å². The van der Waals surface area contributed by atoms with Crippen molar-refractivity contribution in [1.82, 2.24) is 4.90 Å². The van der Waals surface area contributed by atoms with Crippen LogP contribution in [-0.2, 0) is 5.60 Å². The Labute approximate surface area is 128 Å². The van der Waals surface area contributed by atoms with Crippen LogP contribution in [0.3, 0.4) is 0 Å². The average Bonchev–Trinajstić information content (AvgIpc) is 3.11. The largest absolute Gasteiger partial charge is 0.385 e. The van der Waals surface area contributed by atoms with Crippen LogP contribution in [0.15, 0.2) is 24.3 Å². The number of aliphatic hydroxyl groups is 1. The van der Waals surface area contributed by atoms with E-state index in [0.717, 1.165) is 49.4 Å². The molecule has 21 heavy (non-hydrogen) atoms. The third-order valence-electron chi connectivity index (χ3n) is 6.44. The lowest BCUT2D eigenvalue weighted by Gasteiger charge is -2.43. The van der Waals surface area contributed by atoms with Crippen molar-refractivity contribution in [3.8, 4) is 0 Å². The Bertz CT molecular complexity index is 518. The minimum absolute atomic E-state index is 0.598. The maximum Gasteiger partial charge on any atom is 0.0923 e. The van der Waals surface area contributed by atoms with Gasteiger partial charge in [-0.15, -0.1) is 0 Å². The molecule has 3 atom stereocenters. The molecule has 1 aliphatic heterocycles. The number of benzene rings is 1. The number of piperidine rings is 1. The highest BCUT2D eigenvalue weighted by Gasteiger charge is 2.44. The summed E-state index contributed by atoms with van der Waals surface area (Å²) in [6.45, 7) is 4.26. The second-order valence-electron chi connectivity index (χ2n) is 7.62. The van der Waals surface area contributed by atoms with E-state index in [9.17, 15) is 5.11 Å². The molecule has 1 aromatic carbocycles. The van der Waals surface area contributed by atoms with Gasteiger partial charge < -0.3 is 5.11 Å². The molecule has 2 saturated carbocycles. The molecule has 1 N–H and O–H groups in total. The first-order chi connectivity index (χ1) is 10.2. The van der Waals surface area contributed by atoms with Crippen molar-refractivity contribution >= 4 is 0 Å². The molecular formula is C19H27NO. The number of fused-ring (bicyclic) bond motifs is 2. The Morgan fingerprint density at radius 3 is 2.48 bits per heavy atom. The summed E-state index contributed by atoms with van der Waals surface area (Å²) in [5.74, 6) is 1.97. The van der Waals surface area contributed by atoms with Crippen LogP contribution in [0.2, 0.25) is 0 Å². The predicted octanol–water partition coefficient (Wildman–Crippen LogP) is 3.47. The molecule has 2 nitrogen and oxygen atoms in total. The van der Waals surface area contributed by atoms with Crippen molar-refractivity contribution in [1.29, 1.82) is 0 Å². The molecule has 2 heteroatoms. The zero-order valence-corrected chi connectivity index (χ0v) is 13.1. The van der Waals surface area contributed by atoms with Gasteiger partial charge in [0.25, 0.3) is 0 Å². The van der Waals surface area contributed by atoms with Crippen LogP contribution < -0.4 is 0 Å². The summed E-state index contributed by atoms with van der Waals surface area (Å²) in [7, 11) is 0. The van der Waals surface area contributed by atoms with Crippen molar-refractivity contribution in [2.24, 2.45) is 11.8 Å². The number of hydrogen-bond donors (Lipinski definition) is 1. The molecule has 4 rings (SSSR count). The second kappa shape index (κ2) is 5.10. The smallest absolute Gasteiger partial charge is 0.0923 e. The van der Waals surface area contributed by atoms with Gasteiger partial charge in [0, 0.05) is 19.1 Å². The van der Waals surface area contributed by atoms with Crippen LogP contribution in [0.1, 0.15) is 49.7 Å². The van der Waals surface area contributed by atoms with E-state index in [4.69, 9.17) is 0 Å². The van der Waals surface area contributed by atoms with E-state index >= 15 is 0 Å². The van der Waals surface area contributed by atoms with Crippen LogP contribution in [0.25, 0.3) is 0 Å². The first-order valence-corrected chi connectivity index (χ1v) is 8.68. The summed E-state index contributed by atoms with van der Waals surface area (Å²) in [4.78, 5) is 2.69. The molecule has 0 spiro atoms. The van der Waals surface area contributed by atoms with Crippen LogP contribution in [0.5, 0.6) is 0 Å². The minimum atomic E-state index is -0.598. The lowest BCUT2D eigenvalue weighted by atomic mass is 9.81. The highest BCUT2D eigenvalue weighted by atomic mass is 16.3. The molecule has 3 fully saturated rings. The Morgan fingerprint density at radius 1 is 1.10 bits per heavy atom. The van der Waals surface area contributed by atoms with Crippen LogP contribution in [0, 0.1) is 18.8 Å². The highest BCUT2D eigenvalue weighted by molar-refractivity contribution is 5.31. The summed E-state index contributed by atoms with van der Waals surface area (Å²) < 4.78 is 0. The van der Waals surface area contributed by atoms with Crippen LogP contribution in [0.4, 0.5) is 0 Å². The van der Waals surface area contributed by atoms with Gasteiger partial charge >= 0.3 is 0 Å². The van der Waals surface area contributed by atoms with Crippen LogP contribution in [-0.4, -0.2) is 29.1 Å². The van der Waals surface area contributed by atoms with Gasteiger partial charge in [-0.25, -0.2) is 0 Å². The van der Waals surface area contributed by atoms with E-state index in [2.05, 4.69) is 36.1 Å². The van der Waals surface area contributed by atoms with E-state index < -0.39 is 5.60 Å².